The van der Waals surface area contributed by atoms with E-state index in [1.165, 1.54) is 68.9 Å². The summed E-state index contributed by atoms with van der Waals surface area (Å²) < 4.78 is 0. The zero-order valence-corrected chi connectivity index (χ0v) is 19.6. The van der Waals surface area contributed by atoms with Crippen molar-refractivity contribution in [2.75, 3.05) is 0 Å². The van der Waals surface area contributed by atoms with E-state index in [9.17, 15) is 0 Å². The highest BCUT2D eigenvalue weighted by Gasteiger charge is 2.62. The first kappa shape index (κ1) is 19.9. The Labute approximate surface area is 179 Å². The Morgan fingerprint density at radius 1 is 0.897 bits per heavy atom. The molecule has 0 heterocycles. The smallest absolute Gasteiger partial charge is 0.0254 e. The molecule has 29 heavy (non-hydrogen) atoms. The maximum atomic E-state index is 2.71. The molecular weight excluding hydrogens is 348 g/mol. The van der Waals surface area contributed by atoms with Crippen molar-refractivity contribution in [1.29, 1.82) is 0 Å². The van der Waals surface area contributed by atoms with Gasteiger partial charge in [0.1, 0.15) is 0 Å². The van der Waals surface area contributed by atoms with Gasteiger partial charge in [-0.3, -0.25) is 0 Å². The van der Waals surface area contributed by atoms with Gasteiger partial charge in [0.05, 0.1) is 0 Å². The molecule has 0 bridgehead atoms. The van der Waals surface area contributed by atoms with Gasteiger partial charge in [-0.2, -0.15) is 0 Å². The molecule has 4 aliphatic rings. The lowest BCUT2D eigenvalue weighted by Gasteiger charge is -2.65. The van der Waals surface area contributed by atoms with Crippen molar-refractivity contribution in [2.45, 2.75) is 92.4 Å². The van der Waals surface area contributed by atoms with E-state index in [1.807, 2.05) is 0 Å². The van der Waals surface area contributed by atoms with Gasteiger partial charge in [-0.05, 0) is 97.3 Å². The van der Waals surface area contributed by atoms with E-state index in [2.05, 4.69) is 65.0 Å². The van der Waals surface area contributed by atoms with Crippen LogP contribution in [0.3, 0.4) is 0 Å². The largest absolute Gasteiger partial charge is 0.0688 e. The van der Waals surface area contributed by atoms with Crippen molar-refractivity contribution < 1.29 is 0 Å². The van der Waals surface area contributed by atoms with E-state index in [1.54, 1.807) is 5.57 Å². The fraction of sp³-hybridized carbons (Fsp3) is 0.724. The van der Waals surface area contributed by atoms with Crippen LogP contribution in [0.25, 0.3) is 6.08 Å². The van der Waals surface area contributed by atoms with Gasteiger partial charge in [0.15, 0.2) is 0 Å². The molecule has 1 unspecified atom stereocenters. The van der Waals surface area contributed by atoms with Gasteiger partial charge < -0.3 is 0 Å². The number of benzene rings is 1. The van der Waals surface area contributed by atoms with E-state index in [0.717, 1.165) is 23.7 Å². The summed E-state index contributed by atoms with van der Waals surface area (Å²) in [5.41, 5.74) is 6.18. The van der Waals surface area contributed by atoms with Crippen LogP contribution in [0.1, 0.15) is 96.6 Å². The van der Waals surface area contributed by atoms with Crippen LogP contribution in [0.2, 0.25) is 0 Å². The van der Waals surface area contributed by atoms with Crippen molar-refractivity contribution in [3.05, 3.63) is 41.0 Å². The van der Waals surface area contributed by atoms with E-state index < -0.39 is 0 Å². The van der Waals surface area contributed by atoms with Crippen molar-refractivity contribution in [1.82, 2.24) is 0 Å². The first-order valence-electron chi connectivity index (χ1n) is 12.5. The van der Waals surface area contributed by atoms with E-state index in [4.69, 9.17) is 0 Å². The Morgan fingerprint density at radius 3 is 2.41 bits per heavy atom. The highest BCUT2D eigenvalue weighted by molar-refractivity contribution is 5.54. The van der Waals surface area contributed by atoms with Crippen LogP contribution in [0.15, 0.2) is 29.8 Å². The lowest BCUT2D eigenvalue weighted by atomic mass is 9.40. The molecule has 4 saturated carbocycles. The van der Waals surface area contributed by atoms with Crippen LogP contribution >= 0.6 is 0 Å². The number of hydrogen-bond acceptors (Lipinski definition) is 0. The van der Waals surface area contributed by atoms with Gasteiger partial charge >= 0.3 is 0 Å². The minimum atomic E-state index is 0.512. The lowest BCUT2D eigenvalue weighted by molar-refractivity contribution is -0.160. The van der Waals surface area contributed by atoms with E-state index in [-0.39, 0.29) is 0 Å². The molecule has 0 radical (unpaired) electrons. The number of aryl methyl sites for hydroxylation is 1. The summed E-state index contributed by atoms with van der Waals surface area (Å²) in [7, 11) is 0. The number of allylic oxidation sites excluding steroid dienone is 1. The molecule has 6 atom stereocenters. The highest BCUT2D eigenvalue weighted by atomic mass is 14.7. The van der Waals surface area contributed by atoms with Gasteiger partial charge in [0.2, 0.25) is 0 Å². The first-order valence-corrected chi connectivity index (χ1v) is 12.5. The van der Waals surface area contributed by atoms with Crippen LogP contribution in [-0.2, 0) is 0 Å². The second kappa shape index (κ2) is 6.73. The van der Waals surface area contributed by atoms with Crippen LogP contribution in [-0.4, -0.2) is 0 Å². The van der Waals surface area contributed by atoms with Crippen LogP contribution in [0.4, 0.5) is 0 Å². The molecule has 0 aliphatic heterocycles. The van der Waals surface area contributed by atoms with Gasteiger partial charge in [-0.1, -0.05) is 82.0 Å². The third-order valence-corrected chi connectivity index (χ3v) is 10.3. The summed E-state index contributed by atoms with van der Waals surface area (Å²) in [5, 5.41) is 0. The Kier molecular flexibility index (Phi) is 4.62. The van der Waals surface area contributed by atoms with Crippen LogP contribution < -0.4 is 0 Å². The standard InChI is InChI=1S/C29H42/c1-20-9-11-21(12-10-20)16-22-17-25-26-24(13-15-28(25,4)18-22)29(5)14-7-6-8-23(29)19-27(26,2)3/h9-12,16,23-26H,6-8,13-15,17-19H2,1-5H3/t23?,24-,25+,26-,28-,29+/m1/s1. The number of rotatable bonds is 1. The topological polar surface area (TPSA) is 0 Å². The van der Waals surface area contributed by atoms with E-state index >= 15 is 0 Å². The fourth-order valence-corrected chi connectivity index (χ4v) is 8.89. The zero-order chi connectivity index (χ0) is 20.4. The Bertz CT molecular complexity index is 796. The van der Waals surface area contributed by atoms with Crippen molar-refractivity contribution in [2.24, 2.45) is 39.9 Å². The maximum absolute atomic E-state index is 2.71. The first-order chi connectivity index (χ1) is 13.7. The Balaban J connectivity index is 1.48. The molecule has 5 rings (SSSR count). The van der Waals surface area contributed by atoms with Gasteiger partial charge in [-0.25, -0.2) is 0 Å². The average Bonchev–Trinajstić information content (AvgIpc) is 2.99. The maximum Gasteiger partial charge on any atom is -0.0254 e. The minimum absolute atomic E-state index is 0.512. The molecule has 0 saturated heterocycles. The number of hydrogen-bond donors (Lipinski definition) is 0. The van der Waals surface area contributed by atoms with Gasteiger partial charge in [-0.15, -0.1) is 0 Å². The molecule has 4 aliphatic carbocycles. The third kappa shape index (κ3) is 3.16. The molecule has 1 aromatic rings. The second-order valence-electron chi connectivity index (χ2n) is 12.7. The Morgan fingerprint density at radius 2 is 1.66 bits per heavy atom. The molecule has 0 aromatic heterocycles. The molecule has 0 heteroatoms. The summed E-state index contributed by atoms with van der Waals surface area (Å²) in [6, 6.07) is 9.15. The molecular formula is C29H42. The molecule has 0 N–H and O–H groups in total. The summed E-state index contributed by atoms with van der Waals surface area (Å²) in [5.74, 6) is 3.77. The summed E-state index contributed by atoms with van der Waals surface area (Å²) in [6.07, 6.45) is 15.6. The number of fused-ring (bicyclic) bond motifs is 5. The van der Waals surface area contributed by atoms with Crippen molar-refractivity contribution >= 4 is 6.08 Å². The predicted octanol–water partition coefficient (Wildman–Crippen LogP) is 8.45. The van der Waals surface area contributed by atoms with Gasteiger partial charge in [0.25, 0.3) is 0 Å². The summed E-state index contributed by atoms with van der Waals surface area (Å²) >= 11 is 0. The van der Waals surface area contributed by atoms with Crippen molar-refractivity contribution in [3.8, 4) is 0 Å². The normalized spacial score (nSPS) is 44.8. The van der Waals surface area contributed by atoms with E-state index in [0.29, 0.717) is 16.2 Å². The predicted molar refractivity (Wildman–Crippen MR) is 125 cm³/mol. The molecule has 0 spiro atoms. The average molecular weight is 391 g/mol. The minimum Gasteiger partial charge on any atom is -0.0688 e. The third-order valence-electron chi connectivity index (χ3n) is 10.3. The lowest BCUT2D eigenvalue weighted by Crippen LogP contribution is -2.57. The molecule has 0 amide bonds. The zero-order valence-electron chi connectivity index (χ0n) is 19.6. The fourth-order valence-electron chi connectivity index (χ4n) is 8.89. The molecule has 1 aromatic carbocycles. The molecule has 4 fully saturated rings. The second-order valence-corrected chi connectivity index (χ2v) is 12.7. The van der Waals surface area contributed by atoms with Crippen LogP contribution in [0, 0.1) is 46.8 Å². The SMILES string of the molecule is Cc1ccc(C=C2C[C@H]3[C@H]4[C@@H](CC[C@]3(C)C2)[C@@]2(C)CCCCC2CC4(C)C)cc1. The van der Waals surface area contributed by atoms with Gasteiger partial charge in [0, 0.05) is 0 Å². The molecule has 0 nitrogen and oxygen atoms in total. The quantitative estimate of drug-likeness (QED) is 0.451. The summed E-state index contributed by atoms with van der Waals surface area (Å²) in [4.78, 5) is 0. The van der Waals surface area contributed by atoms with Crippen molar-refractivity contribution in [3.63, 3.8) is 0 Å². The van der Waals surface area contributed by atoms with Crippen LogP contribution in [0.5, 0.6) is 0 Å². The Hall–Kier alpha value is -1.04. The highest BCUT2D eigenvalue weighted by Crippen LogP contribution is 2.70. The monoisotopic (exact) mass is 390 g/mol. The summed E-state index contributed by atoms with van der Waals surface area (Å²) in [6.45, 7) is 12.8. The molecule has 158 valence electrons.